The number of rotatable bonds is 12. The summed E-state index contributed by atoms with van der Waals surface area (Å²) in [6, 6.07) is 10.4. The number of aliphatic carboxylic acids is 1. The van der Waals surface area contributed by atoms with Crippen molar-refractivity contribution in [1.82, 2.24) is 10.2 Å². The summed E-state index contributed by atoms with van der Waals surface area (Å²) in [6.07, 6.45) is 16.6. The molecule has 4 saturated carbocycles. The van der Waals surface area contributed by atoms with Crippen molar-refractivity contribution in [2.45, 2.75) is 122 Å². The first kappa shape index (κ1) is 35.9. The van der Waals surface area contributed by atoms with E-state index in [1.165, 1.54) is 37.7 Å². The van der Waals surface area contributed by atoms with Gasteiger partial charge in [0.15, 0.2) is 0 Å². The summed E-state index contributed by atoms with van der Waals surface area (Å²) in [4.78, 5) is 30.3. The van der Waals surface area contributed by atoms with Crippen LogP contribution < -0.4 is 5.32 Å². The number of piperidine rings is 1. The Morgan fingerprint density at radius 2 is 1.78 bits per heavy atom. The normalized spacial score (nSPS) is 41.9. The Labute approximate surface area is 306 Å². The molecule has 2 heterocycles. The van der Waals surface area contributed by atoms with E-state index in [-0.39, 0.29) is 30.0 Å². The van der Waals surface area contributed by atoms with Crippen LogP contribution in [0.15, 0.2) is 42.0 Å². The molecule has 5 aliphatic carbocycles. The first-order chi connectivity index (χ1) is 24.6. The standard InChI is InChI=1S/C44H64N2O5/c1-29(2)37-22-33-25-42(28-47)36-15-14-30(3)35(36)26-43(33,44(37,42)40(48)49)39-23-34(32-12-8-5-9-13-32)38(51-39)27-45-18-21-46-19-16-41(50,17-20-46)24-31-10-6-4-7-11-31/h4,6-7,10-11,22,28-30,32-36,38-39,45,50H,5,8-9,12-21,23-27H2,1-3H3,(H,48,49)/t30-,33?,34?,35-,36-,38+,39-,42?,43?,44+/m1/s1. The number of allylic oxidation sites excluding steroid dienone is 1. The van der Waals surface area contributed by atoms with Gasteiger partial charge in [0.05, 0.1) is 23.2 Å². The molecule has 280 valence electrons. The number of benzene rings is 1. The first-order valence-corrected chi connectivity index (χ1v) is 20.9. The van der Waals surface area contributed by atoms with E-state index in [9.17, 15) is 19.8 Å². The largest absolute Gasteiger partial charge is 0.481 e. The number of fused-ring (bicyclic) bond motifs is 2. The van der Waals surface area contributed by atoms with E-state index in [2.05, 4.69) is 61.3 Å². The summed E-state index contributed by atoms with van der Waals surface area (Å²) in [5.74, 6) is 1.48. The minimum atomic E-state index is -1.17. The van der Waals surface area contributed by atoms with Gasteiger partial charge in [-0.15, -0.1) is 0 Å². The number of nitrogens with zero attached hydrogens (tertiary/aromatic N) is 1. The number of aldehydes is 1. The molecule has 2 aliphatic heterocycles. The summed E-state index contributed by atoms with van der Waals surface area (Å²) in [5.41, 5.74) is -0.979. The molecule has 7 nitrogen and oxygen atoms in total. The molecule has 7 heteroatoms. The third kappa shape index (κ3) is 5.48. The van der Waals surface area contributed by atoms with Crippen molar-refractivity contribution < 1.29 is 24.5 Å². The molecule has 6 fully saturated rings. The van der Waals surface area contributed by atoms with Crippen molar-refractivity contribution in [3.8, 4) is 0 Å². The Bertz CT molecular complexity index is 1460. The Kier molecular flexibility index (Phi) is 9.63. The van der Waals surface area contributed by atoms with Gasteiger partial charge in [-0.3, -0.25) is 4.79 Å². The fourth-order valence-electron chi connectivity index (χ4n) is 14.0. The fraction of sp³-hybridized carbons (Fsp3) is 0.773. The number of nitrogens with one attached hydrogen (secondary N) is 1. The Morgan fingerprint density at radius 3 is 2.47 bits per heavy atom. The molecule has 4 unspecified atom stereocenters. The van der Waals surface area contributed by atoms with Gasteiger partial charge >= 0.3 is 5.97 Å². The van der Waals surface area contributed by atoms with E-state index in [4.69, 9.17) is 4.74 Å². The van der Waals surface area contributed by atoms with Crippen molar-refractivity contribution >= 4 is 12.3 Å². The molecule has 1 aromatic rings. The lowest BCUT2D eigenvalue weighted by molar-refractivity contribution is -0.197. The molecule has 2 saturated heterocycles. The molecular formula is C44H64N2O5. The zero-order valence-corrected chi connectivity index (χ0v) is 31.5. The maximum Gasteiger partial charge on any atom is 0.315 e. The van der Waals surface area contributed by atoms with Crippen molar-refractivity contribution in [3.05, 3.63) is 47.5 Å². The van der Waals surface area contributed by atoms with Gasteiger partial charge in [0.25, 0.3) is 0 Å². The van der Waals surface area contributed by atoms with Crippen LogP contribution in [0.2, 0.25) is 0 Å². The number of carbonyl (C=O) groups is 2. The summed E-state index contributed by atoms with van der Waals surface area (Å²) in [5, 5.41) is 26.7. The smallest absolute Gasteiger partial charge is 0.315 e. The van der Waals surface area contributed by atoms with Gasteiger partial charge in [0, 0.05) is 44.6 Å². The van der Waals surface area contributed by atoms with Crippen LogP contribution in [0.5, 0.6) is 0 Å². The van der Waals surface area contributed by atoms with Crippen LogP contribution in [-0.2, 0) is 20.7 Å². The van der Waals surface area contributed by atoms with E-state index in [1.54, 1.807) is 0 Å². The van der Waals surface area contributed by atoms with Gasteiger partial charge in [-0.05, 0) is 85.5 Å². The van der Waals surface area contributed by atoms with Gasteiger partial charge in [0.1, 0.15) is 11.7 Å². The van der Waals surface area contributed by atoms with Crippen LogP contribution in [0.25, 0.3) is 0 Å². The van der Waals surface area contributed by atoms with E-state index in [0.29, 0.717) is 30.1 Å². The lowest BCUT2D eigenvalue weighted by Gasteiger charge is -2.60. The average molecular weight is 701 g/mol. The van der Waals surface area contributed by atoms with Crippen LogP contribution >= 0.6 is 0 Å². The molecule has 0 aromatic heterocycles. The van der Waals surface area contributed by atoms with Crippen LogP contribution in [0.3, 0.4) is 0 Å². The lowest BCUT2D eigenvalue weighted by Crippen LogP contribution is -2.65. The van der Waals surface area contributed by atoms with Crippen LogP contribution in [0.1, 0.15) is 103 Å². The van der Waals surface area contributed by atoms with Crippen LogP contribution in [0, 0.1) is 57.7 Å². The summed E-state index contributed by atoms with van der Waals surface area (Å²) < 4.78 is 7.40. The van der Waals surface area contributed by atoms with Crippen molar-refractivity contribution in [3.63, 3.8) is 0 Å². The molecule has 3 N–H and O–H groups in total. The second kappa shape index (κ2) is 13.7. The predicted molar refractivity (Wildman–Crippen MR) is 199 cm³/mol. The Balaban J connectivity index is 1.000. The topological polar surface area (TPSA) is 99.1 Å². The molecule has 0 radical (unpaired) electrons. The van der Waals surface area contributed by atoms with Crippen LogP contribution in [0.4, 0.5) is 0 Å². The Morgan fingerprint density at radius 1 is 1.04 bits per heavy atom. The maximum absolute atomic E-state index is 14.2. The van der Waals surface area contributed by atoms with E-state index < -0.39 is 27.8 Å². The average Bonchev–Trinajstić information content (AvgIpc) is 3.85. The van der Waals surface area contributed by atoms with Crippen LogP contribution in [-0.4, -0.2) is 77.9 Å². The molecule has 10 atom stereocenters. The zero-order valence-electron chi connectivity index (χ0n) is 31.5. The van der Waals surface area contributed by atoms with Crippen molar-refractivity contribution in [2.75, 3.05) is 32.7 Å². The minimum Gasteiger partial charge on any atom is -0.481 e. The summed E-state index contributed by atoms with van der Waals surface area (Å²) in [7, 11) is 0. The first-order valence-electron chi connectivity index (χ1n) is 20.9. The number of likely N-dealkylation sites (tertiary alicyclic amines) is 1. The van der Waals surface area contributed by atoms with Gasteiger partial charge < -0.3 is 30.0 Å². The molecular weight excluding hydrogens is 636 g/mol. The number of carboxylic acid groups (broad SMARTS) is 1. The molecule has 51 heavy (non-hydrogen) atoms. The molecule has 0 amide bonds. The van der Waals surface area contributed by atoms with Gasteiger partial charge in [-0.2, -0.15) is 0 Å². The number of hydrogen-bond donors (Lipinski definition) is 3. The highest BCUT2D eigenvalue weighted by Crippen LogP contribution is 2.84. The second-order valence-electron chi connectivity index (χ2n) is 18.8. The summed E-state index contributed by atoms with van der Waals surface area (Å²) >= 11 is 0. The van der Waals surface area contributed by atoms with E-state index in [1.807, 2.05) is 6.07 Å². The third-order valence-electron chi connectivity index (χ3n) is 16.2. The molecule has 8 rings (SSSR count). The maximum atomic E-state index is 14.2. The van der Waals surface area contributed by atoms with Crippen molar-refractivity contribution in [2.24, 2.45) is 57.7 Å². The highest BCUT2D eigenvalue weighted by atomic mass is 16.5. The molecule has 7 aliphatic rings. The van der Waals surface area contributed by atoms with Gasteiger partial charge in [-0.1, -0.05) is 101 Å². The number of ether oxygens (including phenoxy) is 1. The zero-order chi connectivity index (χ0) is 35.6. The molecule has 0 spiro atoms. The molecule has 1 aromatic carbocycles. The van der Waals surface area contributed by atoms with E-state index >= 15 is 0 Å². The van der Waals surface area contributed by atoms with Gasteiger partial charge in [0.2, 0.25) is 0 Å². The molecule has 4 bridgehead atoms. The summed E-state index contributed by atoms with van der Waals surface area (Å²) in [6.45, 7) is 11.1. The van der Waals surface area contributed by atoms with Gasteiger partial charge in [-0.25, -0.2) is 0 Å². The number of carbonyl (C=O) groups excluding carboxylic acids is 1. The third-order valence-corrected chi connectivity index (χ3v) is 16.2. The monoisotopic (exact) mass is 700 g/mol. The highest BCUT2D eigenvalue weighted by molar-refractivity contribution is 5.90. The predicted octanol–water partition coefficient (Wildman–Crippen LogP) is 6.92. The second-order valence-corrected chi connectivity index (χ2v) is 18.8. The number of hydrogen-bond acceptors (Lipinski definition) is 6. The van der Waals surface area contributed by atoms with E-state index in [0.717, 1.165) is 89.5 Å². The number of aliphatic hydroxyl groups is 1. The quantitative estimate of drug-likeness (QED) is 0.124. The number of carboxylic acids is 1. The SMILES string of the molecule is CC(C)C1=CC2CC3(C=O)[C@@H]4CC[C@@H](C)[C@H]4CC2([C@H]2CC(C4CCCCC4)[C@H](CNCCN4CCC(O)(Cc5ccccc5)CC4)O2)[C@]13C(=O)O. The minimum absolute atomic E-state index is 0.0579. The highest BCUT2D eigenvalue weighted by Gasteiger charge is 2.86. The van der Waals surface area contributed by atoms with Crippen molar-refractivity contribution in [1.29, 1.82) is 0 Å². The Hall–Kier alpha value is -2.06. The fourth-order valence-corrected chi connectivity index (χ4v) is 14.0. The lowest BCUT2D eigenvalue weighted by atomic mass is 9.41.